The number of carbonyl (C=O) groups is 3. The summed E-state index contributed by atoms with van der Waals surface area (Å²) in [5.74, 6) is 0.540. The van der Waals surface area contributed by atoms with Gasteiger partial charge in [0.1, 0.15) is 18.5 Å². The van der Waals surface area contributed by atoms with Crippen LogP contribution in [0.2, 0.25) is 0 Å². The van der Waals surface area contributed by atoms with Gasteiger partial charge in [0.25, 0.3) is 5.91 Å². The topological polar surface area (TPSA) is 148 Å². The Balaban J connectivity index is 1.52. The first-order valence-electron chi connectivity index (χ1n) is 13.9. The molecule has 1 heterocycles. The molecule has 2 aliphatic carbocycles. The summed E-state index contributed by atoms with van der Waals surface area (Å²) in [5, 5.41) is 24.4. The maximum atomic E-state index is 14.1. The van der Waals surface area contributed by atoms with Gasteiger partial charge in [0.05, 0.1) is 30.4 Å². The number of ether oxygens (including phenoxy) is 3. The Morgan fingerprint density at radius 1 is 1.16 bits per heavy atom. The van der Waals surface area contributed by atoms with Crippen molar-refractivity contribution in [3.8, 4) is 17.2 Å². The molecule has 5 rings (SSSR count). The zero-order valence-corrected chi connectivity index (χ0v) is 25.9. The van der Waals surface area contributed by atoms with Gasteiger partial charge < -0.3 is 39.1 Å². The number of amides is 2. The van der Waals surface area contributed by atoms with Crippen molar-refractivity contribution in [1.29, 1.82) is 0 Å². The van der Waals surface area contributed by atoms with E-state index in [2.05, 4.69) is 5.32 Å². The van der Waals surface area contributed by atoms with E-state index >= 15 is 0 Å². The molecule has 0 unspecified atom stereocenters. The molecule has 2 aromatic carbocycles. The number of halogens is 1. The lowest BCUT2D eigenvalue weighted by Gasteiger charge is -2.40. The van der Waals surface area contributed by atoms with Crippen LogP contribution >= 0.6 is 22.6 Å². The van der Waals surface area contributed by atoms with Crippen molar-refractivity contribution < 1.29 is 43.2 Å². The molecule has 0 bridgehead atoms. The Kier molecular flexibility index (Phi) is 9.57. The summed E-state index contributed by atoms with van der Waals surface area (Å²) in [7, 11) is 2.96. The van der Waals surface area contributed by atoms with Gasteiger partial charge in [0, 0.05) is 36.0 Å². The number of para-hydroxylation sites is 1. The quantitative estimate of drug-likeness (QED) is 0.191. The fourth-order valence-electron chi connectivity index (χ4n) is 5.23. The highest BCUT2D eigenvalue weighted by Gasteiger charge is 2.43. The molecule has 3 aromatic rings. The maximum Gasteiger partial charge on any atom is 0.289 e. The van der Waals surface area contributed by atoms with Gasteiger partial charge in [0.15, 0.2) is 28.6 Å². The van der Waals surface area contributed by atoms with E-state index in [9.17, 15) is 24.6 Å². The van der Waals surface area contributed by atoms with Crippen LogP contribution in [-0.2, 0) is 4.79 Å². The van der Waals surface area contributed by atoms with Crippen LogP contribution < -0.4 is 19.5 Å². The van der Waals surface area contributed by atoms with E-state index in [1.807, 2.05) is 28.7 Å². The van der Waals surface area contributed by atoms with Crippen LogP contribution in [0, 0.1) is 9.49 Å². The van der Waals surface area contributed by atoms with Crippen molar-refractivity contribution >= 4 is 51.7 Å². The van der Waals surface area contributed by atoms with Gasteiger partial charge in [-0.25, -0.2) is 0 Å². The molecule has 0 spiro atoms. The van der Waals surface area contributed by atoms with E-state index in [1.54, 1.807) is 29.2 Å². The molecule has 1 saturated carbocycles. The highest BCUT2D eigenvalue weighted by molar-refractivity contribution is 14.1. The van der Waals surface area contributed by atoms with Crippen LogP contribution in [0.25, 0.3) is 11.0 Å². The molecule has 0 aliphatic heterocycles. The SMILES string of the molecule is COc1cc(C=O)cc(I)c1O[C@H]1C=C(C(=O)NCCO)C[C@@H](N(CC2CC2)C(=O)c2cc3cccc(OC)c3o2)[C@@H]1O. The Bertz CT molecular complexity index is 1550. The Morgan fingerprint density at radius 3 is 2.60 bits per heavy atom. The predicted octanol–water partition coefficient (Wildman–Crippen LogP) is 3.34. The number of aliphatic hydroxyl groups is 2. The van der Waals surface area contributed by atoms with Crippen molar-refractivity contribution in [2.24, 2.45) is 5.92 Å². The van der Waals surface area contributed by atoms with Crippen LogP contribution in [0.15, 0.2) is 52.5 Å². The Morgan fingerprint density at radius 2 is 1.93 bits per heavy atom. The molecule has 0 saturated heterocycles. The van der Waals surface area contributed by atoms with E-state index in [-0.39, 0.29) is 42.7 Å². The van der Waals surface area contributed by atoms with Crippen LogP contribution in [0.5, 0.6) is 17.2 Å². The summed E-state index contributed by atoms with van der Waals surface area (Å²) in [6.45, 7) is 0.159. The number of nitrogens with zero attached hydrogens (tertiary/aromatic N) is 1. The van der Waals surface area contributed by atoms with Crippen molar-refractivity contribution in [3.05, 3.63) is 62.9 Å². The van der Waals surface area contributed by atoms with Crippen molar-refractivity contribution in [1.82, 2.24) is 10.2 Å². The Hall–Kier alpha value is -3.62. The summed E-state index contributed by atoms with van der Waals surface area (Å²) in [4.78, 5) is 40.2. The van der Waals surface area contributed by atoms with Crippen LogP contribution in [0.1, 0.15) is 40.2 Å². The van der Waals surface area contributed by atoms with Crippen molar-refractivity contribution in [3.63, 3.8) is 0 Å². The molecule has 1 fully saturated rings. The first-order valence-corrected chi connectivity index (χ1v) is 15.0. The number of aliphatic hydroxyl groups excluding tert-OH is 2. The largest absolute Gasteiger partial charge is 0.493 e. The lowest BCUT2D eigenvalue weighted by molar-refractivity contribution is -0.118. The smallest absolute Gasteiger partial charge is 0.289 e. The third-order valence-electron chi connectivity index (χ3n) is 7.61. The number of hydrogen-bond acceptors (Lipinski definition) is 9. The van der Waals surface area contributed by atoms with Gasteiger partial charge in [-0.15, -0.1) is 0 Å². The molecule has 11 nitrogen and oxygen atoms in total. The minimum atomic E-state index is -1.23. The molecular formula is C31H33IN2O9. The summed E-state index contributed by atoms with van der Waals surface area (Å²) >= 11 is 2.01. The maximum absolute atomic E-state index is 14.1. The summed E-state index contributed by atoms with van der Waals surface area (Å²) < 4.78 is 23.7. The molecule has 0 radical (unpaired) electrons. The fraction of sp³-hybridized carbons (Fsp3) is 0.387. The van der Waals surface area contributed by atoms with Crippen LogP contribution in [0.4, 0.5) is 0 Å². The van der Waals surface area contributed by atoms with Gasteiger partial charge in [-0.1, -0.05) is 12.1 Å². The number of fused-ring (bicyclic) bond motifs is 1. The van der Waals surface area contributed by atoms with Gasteiger partial charge in [-0.3, -0.25) is 14.4 Å². The second kappa shape index (κ2) is 13.3. The van der Waals surface area contributed by atoms with E-state index in [4.69, 9.17) is 18.6 Å². The number of hydrogen-bond donors (Lipinski definition) is 3. The number of methoxy groups -OCH3 is 2. The minimum absolute atomic E-state index is 0.0410. The fourth-order valence-corrected chi connectivity index (χ4v) is 5.98. The molecular weight excluding hydrogens is 671 g/mol. The monoisotopic (exact) mass is 704 g/mol. The lowest BCUT2D eigenvalue weighted by atomic mass is 9.87. The zero-order chi connectivity index (χ0) is 30.7. The van der Waals surface area contributed by atoms with E-state index in [1.165, 1.54) is 26.4 Å². The van der Waals surface area contributed by atoms with E-state index in [0.29, 0.717) is 44.3 Å². The van der Waals surface area contributed by atoms with Crippen LogP contribution in [-0.4, -0.2) is 85.4 Å². The number of aldehydes is 1. The predicted molar refractivity (Wildman–Crippen MR) is 165 cm³/mol. The second-order valence-corrected chi connectivity index (χ2v) is 11.7. The molecule has 3 N–H and O–H groups in total. The number of carbonyl (C=O) groups excluding carboxylic acids is 3. The summed E-state index contributed by atoms with van der Waals surface area (Å²) in [5.41, 5.74) is 1.13. The average molecular weight is 705 g/mol. The highest BCUT2D eigenvalue weighted by Crippen LogP contribution is 2.39. The average Bonchev–Trinajstić information content (AvgIpc) is 3.73. The number of furan rings is 1. The molecule has 228 valence electrons. The number of rotatable bonds is 12. The summed E-state index contributed by atoms with van der Waals surface area (Å²) in [6, 6.07) is 9.32. The molecule has 3 atom stereocenters. The third-order valence-corrected chi connectivity index (χ3v) is 8.41. The third kappa shape index (κ3) is 6.65. The normalized spacial score (nSPS) is 19.8. The Labute approximate surface area is 261 Å². The highest BCUT2D eigenvalue weighted by atomic mass is 127. The molecule has 2 amide bonds. The van der Waals surface area contributed by atoms with Crippen molar-refractivity contribution in [2.75, 3.05) is 33.9 Å². The zero-order valence-electron chi connectivity index (χ0n) is 23.7. The summed E-state index contributed by atoms with van der Waals surface area (Å²) in [6.07, 6.45) is 1.88. The van der Waals surface area contributed by atoms with E-state index < -0.39 is 30.1 Å². The first-order chi connectivity index (χ1) is 20.8. The van der Waals surface area contributed by atoms with Gasteiger partial charge in [0.2, 0.25) is 5.91 Å². The van der Waals surface area contributed by atoms with Gasteiger partial charge >= 0.3 is 0 Å². The molecule has 1 aromatic heterocycles. The van der Waals surface area contributed by atoms with Crippen molar-refractivity contribution in [2.45, 2.75) is 37.5 Å². The standard InChI is InChI=1S/C31H33IN2O9/c1-40-23-5-3-4-19-13-26(43-28(19)23)31(39)34(15-17-6-7-17)22-12-20(30(38)33-8-9-35)14-24(27(22)37)42-29-21(32)10-18(16-36)11-25(29)41-2/h3-5,10-11,13-14,16-17,22,24,27,35,37H,6-9,12,15H2,1-2H3,(H,33,38)/t22-,24+,27+/m1/s1. The molecule has 12 heteroatoms. The number of benzene rings is 2. The number of nitrogens with one attached hydrogen (secondary N) is 1. The molecule has 2 aliphatic rings. The van der Waals surface area contributed by atoms with Crippen LogP contribution in [0.3, 0.4) is 0 Å². The van der Waals surface area contributed by atoms with Gasteiger partial charge in [-0.2, -0.15) is 0 Å². The lowest BCUT2D eigenvalue weighted by Crippen LogP contribution is -2.55. The van der Waals surface area contributed by atoms with E-state index in [0.717, 1.165) is 12.8 Å². The second-order valence-electron chi connectivity index (χ2n) is 10.6. The minimum Gasteiger partial charge on any atom is -0.493 e. The molecule has 43 heavy (non-hydrogen) atoms. The first kappa shape index (κ1) is 30.8. The van der Waals surface area contributed by atoms with Gasteiger partial charge in [-0.05, 0) is 71.7 Å².